The third-order valence-electron chi connectivity index (χ3n) is 3.87. The van der Waals surface area contributed by atoms with E-state index < -0.39 is 11.9 Å². The molecule has 0 bridgehead atoms. The summed E-state index contributed by atoms with van der Waals surface area (Å²) in [6, 6.07) is 0. The molecular formula is C13H25NO4. The summed E-state index contributed by atoms with van der Waals surface area (Å²) in [6.07, 6.45) is 2.18. The van der Waals surface area contributed by atoms with Gasteiger partial charge in [-0.2, -0.15) is 0 Å². The quantitative estimate of drug-likeness (QED) is 0.811. The van der Waals surface area contributed by atoms with Gasteiger partial charge < -0.3 is 15.1 Å². The summed E-state index contributed by atoms with van der Waals surface area (Å²) in [7, 11) is 2.23. The molecule has 0 aromatic heterocycles. The van der Waals surface area contributed by atoms with Crippen molar-refractivity contribution in [2.45, 2.75) is 52.0 Å². The van der Waals surface area contributed by atoms with Crippen molar-refractivity contribution in [2.75, 3.05) is 13.6 Å². The number of nitrogens with zero attached hydrogens (tertiary/aromatic N) is 1. The van der Waals surface area contributed by atoms with E-state index in [1.54, 1.807) is 0 Å². The third kappa shape index (κ3) is 6.00. The molecule has 18 heavy (non-hydrogen) atoms. The molecule has 0 aromatic rings. The van der Waals surface area contributed by atoms with Crippen LogP contribution in [0.25, 0.3) is 0 Å². The summed E-state index contributed by atoms with van der Waals surface area (Å²) in [5.41, 5.74) is 0.429. The molecule has 0 spiro atoms. The van der Waals surface area contributed by atoms with Gasteiger partial charge in [-0.05, 0) is 46.2 Å². The molecule has 1 fully saturated rings. The lowest BCUT2D eigenvalue weighted by Gasteiger charge is -2.44. The molecule has 5 heteroatoms. The highest BCUT2D eigenvalue weighted by atomic mass is 16.4. The van der Waals surface area contributed by atoms with Crippen LogP contribution in [0, 0.1) is 5.92 Å². The zero-order valence-corrected chi connectivity index (χ0v) is 11.8. The molecule has 0 aromatic carbocycles. The van der Waals surface area contributed by atoms with Gasteiger partial charge in [-0.3, -0.25) is 9.59 Å². The predicted octanol–water partition coefficient (Wildman–Crippen LogP) is 2.06. The van der Waals surface area contributed by atoms with Crippen LogP contribution in [0.3, 0.4) is 0 Å². The molecular weight excluding hydrogens is 234 g/mol. The van der Waals surface area contributed by atoms with Crippen molar-refractivity contribution in [3.63, 3.8) is 0 Å². The molecule has 1 unspecified atom stereocenters. The van der Waals surface area contributed by atoms with Crippen molar-refractivity contribution < 1.29 is 19.8 Å². The number of carbonyl (C=O) groups is 2. The van der Waals surface area contributed by atoms with Gasteiger partial charge in [-0.1, -0.05) is 6.92 Å². The van der Waals surface area contributed by atoms with Crippen LogP contribution < -0.4 is 0 Å². The first-order valence-corrected chi connectivity index (χ1v) is 6.32. The maximum absolute atomic E-state index is 9.64. The van der Waals surface area contributed by atoms with E-state index in [1.165, 1.54) is 19.4 Å². The van der Waals surface area contributed by atoms with E-state index in [0.29, 0.717) is 5.54 Å². The molecule has 0 saturated carbocycles. The zero-order chi connectivity index (χ0) is 14.3. The summed E-state index contributed by atoms with van der Waals surface area (Å²) in [5, 5.41) is 15.8. The topological polar surface area (TPSA) is 77.8 Å². The maximum atomic E-state index is 9.64. The number of carboxylic acids is 2. The molecule has 5 nitrogen and oxygen atoms in total. The van der Waals surface area contributed by atoms with Gasteiger partial charge in [0.2, 0.25) is 0 Å². The van der Waals surface area contributed by atoms with Crippen LogP contribution in [0.2, 0.25) is 0 Å². The van der Waals surface area contributed by atoms with Crippen LogP contribution >= 0.6 is 0 Å². The van der Waals surface area contributed by atoms with E-state index in [4.69, 9.17) is 10.2 Å². The Morgan fingerprint density at radius 1 is 1.22 bits per heavy atom. The smallest absolute Gasteiger partial charge is 0.303 e. The first kappa shape index (κ1) is 16.9. The second-order valence-corrected chi connectivity index (χ2v) is 5.41. The average molecular weight is 259 g/mol. The fourth-order valence-corrected chi connectivity index (χ4v) is 1.87. The molecule has 0 radical (unpaired) electrons. The summed E-state index contributed by atoms with van der Waals surface area (Å²) in [5.74, 6) is -1.30. The third-order valence-corrected chi connectivity index (χ3v) is 3.87. The fraction of sp³-hybridized carbons (Fsp3) is 0.846. The molecule has 1 heterocycles. The fourth-order valence-electron chi connectivity index (χ4n) is 1.87. The highest BCUT2D eigenvalue weighted by molar-refractivity contribution is 5.75. The molecule has 0 aliphatic carbocycles. The SMILES string of the molecule is CC1CCCN(C)C1(C)C.O=C(O)CCC(=O)O. The van der Waals surface area contributed by atoms with E-state index >= 15 is 0 Å². The van der Waals surface area contributed by atoms with Gasteiger partial charge in [-0.15, -0.1) is 0 Å². The summed E-state index contributed by atoms with van der Waals surface area (Å²) in [6.45, 7) is 8.32. The molecule has 2 N–H and O–H groups in total. The van der Waals surface area contributed by atoms with E-state index in [-0.39, 0.29) is 12.8 Å². The highest BCUT2D eigenvalue weighted by Crippen LogP contribution is 2.30. The van der Waals surface area contributed by atoms with Crippen LogP contribution in [-0.4, -0.2) is 46.2 Å². The number of aliphatic carboxylic acids is 2. The van der Waals surface area contributed by atoms with Crippen molar-refractivity contribution in [1.29, 1.82) is 0 Å². The first-order valence-electron chi connectivity index (χ1n) is 6.32. The van der Waals surface area contributed by atoms with Crippen LogP contribution in [0.4, 0.5) is 0 Å². The van der Waals surface area contributed by atoms with Gasteiger partial charge in [0.1, 0.15) is 0 Å². The minimum atomic E-state index is -1.08. The van der Waals surface area contributed by atoms with E-state index in [1.807, 2.05) is 0 Å². The molecule has 1 saturated heterocycles. The molecule has 1 aliphatic heterocycles. The highest BCUT2D eigenvalue weighted by Gasteiger charge is 2.32. The Bertz CT molecular complexity index is 263. The van der Waals surface area contributed by atoms with E-state index in [0.717, 1.165) is 5.92 Å². The summed E-state index contributed by atoms with van der Waals surface area (Å²) >= 11 is 0. The Morgan fingerprint density at radius 3 is 1.94 bits per heavy atom. The Kier molecular flexibility index (Phi) is 6.91. The number of rotatable bonds is 3. The maximum Gasteiger partial charge on any atom is 0.303 e. The molecule has 1 aliphatic rings. The van der Waals surface area contributed by atoms with E-state index in [2.05, 4.69) is 32.7 Å². The summed E-state index contributed by atoms with van der Waals surface area (Å²) < 4.78 is 0. The van der Waals surface area contributed by atoms with Gasteiger partial charge in [0.25, 0.3) is 0 Å². The first-order chi connectivity index (χ1) is 8.17. The van der Waals surface area contributed by atoms with Crippen molar-refractivity contribution in [1.82, 2.24) is 4.90 Å². The molecule has 1 rings (SSSR count). The summed E-state index contributed by atoms with van der Waals surface area (Å²) in [4.78, 5) is 21.8. The van der Waals surface area contributed by atoms with Gasteiger partial charge in [0.05, 0.1) is 12.8 Å². The van der Waals surface area contributed by atoms with Crippen LogP contribution in [0.5, 0.6) is 0 Å². The molecule has 0 amide bonds. The zero-order valence-electron chi connectivity index (χ0n) is 11.8. The number of piperidine rings is 1. The minimum absolute atomic E-state index is 0.296. The Labute approximate surface area is 109 Å². The van der Waals surface area contributed by atoms with Gasteiger partial charge in [0.15, 0.2) is 0 Å². The average Bonchev–Trinajstić information content (AvgIpc) is 2.25. The Balaban J connectivity index is 0.000000331. The molecule has 106 valence electrons. The lowest BCUT2D eigenvalue weighted by atomic mass is 9.81. The number of carboxylic acid groups (broad SMARTS) is 2. The largest absolute Gasteiger partial charge is 0.481 e. The second-order valence-electron chi connectivity index (χ2n) is 5.41. The van der Waals surface area contributed by atoms with Crippen molar-refractivity contribution in [3.8, 4) is 0 Å². The number of hydrogen-bond acceptors (Lipinski definition) is 3. The lowest BCUT2D eigenvalue weighted by molar-refractivity contribution is -0.143. The molecule has 1 atom stereocenters. The number of likely N-dealkylation sites (tertiary alicyclic amines) is 1. The Morgan fingerprint density at radius 2 is 1.67 bits per heavy atom. The van der Waals surface area contributed by atoms with Gasteiger partial charge in [0, 0.05) is 5.54 Å². The predicted molar refractivity (Wildman–Crippen MR) is 69.6 cm³/mol. The van der Waals surface area contributed by atoms with Crippen molar-refractivity contribution >= 4 is 11.9 Å². The van der Waals surface area contributed by atoms with Gasteiger partial charge >= 0.3 is 11.9 Å². The van der Waals surface area contributed by atoms with Gasteiger partial charge in [-0.25, -0.2) is 0 Å². The van der Waals surface area contributed by atoms with Crippen molar-refractivity contribution in [2.24, 2.45) is 5.92 Å². The lowest BCUT2D eigenvalue weighted by Crippen LogP contribution is -2.49. The Hall–Kier alpha value is -1.10. The van der Waals surface area contributed by atoms with E-state index in [9.17, 15) is 9.59 Å². The standard InChI is InChI=1S/C9H19N.C4H6O4/c1-8-6-5-7-10(4)9(8,2)3;5-3(6)1-2-4(7)8/h8H,5-7H2,1-4H3;1-2H2,(H,5,6)(H,7,8). The van der Waals surface area contributed by atoms with Crippen LogP contribution in [0.1, 0.15) is 46.5 Å². The number of hydrogen-bond donors (Lipinski definition) is 2. The van der Waals surface area contributed by atoms with Crippen LogP contribution in [-0.2, 0) is 9.59 Å². The minimum Gasteiger partial charge on any atom is -0.481 e. The second kappa shape index (κ2) is 7.36. The van der Waals surface area contributed by atoms with Crippen LogP contribution in [0.15, 0.2) is 0 Å². The normalized spacial score (nSPS) is 22.8. The van der Waals surface area contributed by atoms with Crippen molar-refractivity contribution in [3.05, 3.63) is 0 Å². The monoisotopic (exact) mass is 259 g/mol.